The van der Waals surface area contributed by atoms with E-state index >= 15 is 0 Å². The molecule has 4 rings (SSSR count). The molecule has 26 heavy (non-hydrogen) atoms. The van der Waals surface area contributed by atoms with E-state index in [-0.39, 0.29) is 6.10 Å². The molecule has 0 bridgehead atoms. The van der Waals surface area contributed by atoms with Crippen LogP contribution in [0.25, 0.3) is 0 Å². The first-order valence-corrected chi connectivity index (χ1v) is 9.94. The summed E-state index contributed by atoms with van der Waals surface area (Å²) in [6, 6.07) is 17.7. The molecule has 3 heteroatoms. The Bertz CT molecular complexity index is 706. The van der Waals surface area contributed by atoms with Crippen LogP contribution in [-0.4, -0.2) is 30.7 Å². The van der Waals surface area contributed by atoms with Crippen LogP contribution in [0.4, 0.5) is 0 Å². The third-order valence-electron chi connectivity index (χ3n) is 5.68. The SMILES string of the molecule is CN(Cc1ccc(CC2COc3ccccc3O2)cc1)C1CCCCC1. The smallest absolute Gasteiger partial charge is 0.161 e. The maximum atomic E-state index is 6.08. The Morgan fingerprint density at radius 2 is 1.58 bits per heavy atom. The highest BCUT2D eigenvalue weighted by atomic mass is 16.6. The Morgan fingerprint density at radius 1 is 0.885 bits per heavy atom. The van der Waals surface area contributed by atoms with Crippen molar-refractivity contribution in [2.75, 3.05) is 13.7 Å². The summed E-state index contributed by atoms with van der Waals surface area (Å²) in [6.45, 7) is 1.66. The van der Waals surface area contributed by atoms with Crippen molar-refractivity contribution in [2.24, 2.45) is 0 Å². The molecule has 3 nitrogen and oxygen atoms in total. The van der Waals surface area contributed by atoms with Crippen molar-refractivity contribution < 1.29 is 9.47 Å². The predicted octanol–water partition coefficient (Wildman–Crippen LogP) is 4.83. The molecular weight excluding hydrogens is 322 g/mol. The van der Waals surface area contributed by atoms with Gasteiger partial charge in [-0.05, 0) is 43.1 Å². The van der Waals surface area contributed by atoms with E-state index in [4.69, 9.17) is 9.47 Å². The van der Waals surface area contributed by atoms with Crippen LogP contribution in [0.1, 0.15) is 43.2 Å². The lowest BCUT2D eigenvalue weighted by Crippen LogP contribution is -2.32. The summed E-state index contributed by atoms with van der Waals surface area (Å²) in [4.78, 5) is 2.53. The minimum Gasteiger partial charge on any atom is -0.486 e. The van der Waals surface area contributed by atoms with Crippen molar-refractivity contribution in [3.8, 4) is 11.5 Å². The lowest BCUT2D eigenvalue weighted by molar-refractivity contribution is 0.0913. The predicted molar refractivity (Wildman–Crippen MR) is 105 cm³/mol. The number of hydrogen-bond donors (Lipinski definition) is 0. The Balaban J connectivity index is 1.32. The summed E-state index contributed by atoms with van der Waals surface area (Å²) in [6.07, 6.45) is 7.87. The van der Waals surface area contributed by atoms with Crippen LogP contribution in [0, 0.1) is 0 Å². The van der Waals surface area contributed by atoms with Gasteiger partial charge in [0.1, 0.15) is 12.7 Å². The number of benzene rings is 2. The molecule has 1 aliphatic heterocycles. The summed E-state index contributed by atoms with van der Waals surface area (Å²) in [5, 5.41) is 0. The fraction of sp³-hybridized carbons (Fsp3) is 0.478. The molecule has 0 N–H and O–H groups in total. The summed E-state index contributed by atoms with van der Waals surface area (Å²) in [5.41, 5.74) is 2.70. The van der Waals surface area contributed by atoms with Gasteiger partial charge in [-0.3, -0.25) is 4.90 Å². The van der Waals surface area contributed by atoms with Crippen LogP contribution < -0.4 is 9.47 Å². The van der Waals surface area contributed by atoms with Crippen LogP contribution in [0.15, 0.2) is 48.5 Å². The minimum absolute atomic E-state index is 0.0839. The van der Waals surface area contributed by atoms with E-state index in [0.717, 1.165) is 30.5 Å². The van der Waals surface area contributed by atoms with Crippen molar-refractivity contribution in [1.82, 2.24) is 4.90 Å². The zero-order chi connectivity index (χ0) is 17.8. The molecule has 1 fully saturated rings. The summed E-state index contributed by atoms with van der Waals surface area (Å²) >= 11 is 0. The van der Waals surface area contributed by atoms with Crippen molar-refractivity contribution in [2.45, 2.75) is 57.2 Å². The summed E-state index contributed by atoms with van der Waals surface area (Å²) < 4.78 is 11.9. The first-order valence-electron chi connectivity index (χ1n) is 9.94. The highest BCUT2D eigenvalue weighted by Crippen LogP contribution is 2.31. The van der Waals surface area contributed by atoms with Crippen LogP contribution >= 0.6 is 0 Å². The maximum Gasteiger partial charge on any atom is 0.161 e. The maximum absolute atomic E-state index is 6.08. The Labute approximate surface area is 156 Å². The molecule has 0 saturated heterocycles. The second-order valence-electron chi connectivity index (χ2n) is 7.73. The van der Waals surface area contributed by atoms with Gasteiger partial charge < -0.3 is 9.47 Å². The topological polar surface area (TPSA) is 21.7 Å². The highest BCUT2D eigenvalue weighted by molar-refractivity contribution is 5.40. The molecule has 2 aromatic carbocycles. The second-order valence-corrected chi connectivity index (χ2v) is 7.73. The largest absolute Gasteiger partial charge is 0.486 e. The highest BCUT2D eigenvalue weighted by Gasteiger charge is 2.21. The third-order valence-corrected chi connectivity index (χ3v) is 5.68. The van der Waals surface area contributed by atoms with Gasteiger partial charge in [-0.15, -0.1) is 0 Å². The van der Waals surface area contributed by atoms with E-state index < -0.39 is 0 Å². The average molecular weight is 351 g/mol. The Kier molecular flexibility index (Phi) is 5.45. The van der Waals surface area contributed by atoms with Crippen LogP contribution in [-0.2, 0) is 13.0 Å². The van der Waals surface area contributed by atoms with Crippen molar-refractivity contribution in [3.05, 3.63) is 59.7 Å². The zero-order valence-electron chi connectivity index (χ0n) is 15.7. The number of fused-ring (bicyclic) bond motifs is 1. The molecule has 0 amide bonds. The third kappa shape index (κ3) is 4.21. The van der Waals surface area contributed by atoms with Gasteiger partial charge in [0.2, 0.25) is 0 Å². The minimum atomic E-state index is 0.0839. The molecule has 1 aliphatic carbocycles. The van der Waals surface area contributed by atoms with Crippen molar-refractivity contribution in [1.29, 1.82) is 0 Å². The molecule has 1 saturated carbocycles. The molecule has 2 aromatic rings. The second kappa shape index (κ2) is 8.13. The van der Waals surface area contributed by atoms with E-state index in [2.05, 4.69) is 36.2 Å². The van der Waals surface area contributed by atoms with Gasteiger partial charge in [0, 0.05) is 19.0 Å². The number of rotatable bonds is 5. The van der Waals surface area contributed by atoms with Gasteiger partial charge in [-0.25, -0.2) is 0 Å². The van der Waals surface area contributed by atoms with Gasteiger partial charge in [-0.2, -0.15) is 0 Å². The summed E-state index contributed by atoms with van der Waals surface area (Å²) in [5.74, 6) is 1.71. The van der Waals surface area contributed by atoms with Gasteiger partial charge >= 0.3 is 0 Å². The average Bonchev–Trinajstić information content (AvgIpc) is 2.70. The lowest BCUT2D eigenvalue weighted by atomic mass is 9.94. The first kappa shape index (κ1) is 17.4. The van der Waals surface area contributed by atoms with Crippen LogP contribution in [0.3, 0.4) is 0 Å². The molecule has 1 atom stereocenters. The monoisotopic (exact) mass is 351 g/mol. The van der Waals surface area contributed by atoms with E-state index in [1.807, 2.05) is 24.3 Å². The zero-order valence-corrected chi connectivity index (χ0v) is 15.7. The molecule has 0 radical (unpaired) electrons. The fourth-order valence-electron chi connectivity index (χ4n) is 4.15. The molecule has 2 aliphatic rings. The molecule has 0 aromatic heterocycles. The van der Waals surface area contributed by atoms with Gasteiger partial charge in [0.25, 0.3) is 0 Å². The van der Waals surface area contributed by atoms with Crippen LogP contribution in [0.5, 0.6) is 11.5 Å². The van der Waals surface area contributed by atoms with Gasteiger partial charge in [0.05, 0.1) is 0 Å². The number of hydrogen-bond acceptors (Lipinski definition) is 3. The van der Waals surface area contributed by atoms with Crippen molar-refractivity contribution >= 4 is 0 Å². The van der Waals surface area contributed by atoms with E-state index in [9.17, 15) is 0 Å². The number of ether oxygens (including phenoxy) is 2. The Morgan fingerprint density at radius 3 is 2.35 bits per heavy atom. The molecule has 138 valence electrons. The first-order chi connectivity index (χ1) is 12.8. The quantitative estimate of drug-likeness (QED) is 0.770. The Hall–Kier alpha value is -2.00. The standard InChI is InChI=1S/C23H29NO2/c1-24(20-7-3-2-4-8-20)16-19-13-11-18(12-14-19)15-21-17-25-22-9-5-6-10-23(22)26-21/h5-6,9-14,20-21H,2-4,7-8,15-17H2,1H3. The lowest BCUT2D eigenvalue weighted by Gasteiger charge is -2.31. The van der Waals surface area contributed by atoms with Gasteiger partial charge in [0.15, 0.2) is 11.5 Å². The molecule has 0 spiro atoms. The molecule has 1 heterocycles. The van der Waals surface area contributed by atoms with Crippen LogP contribution in [0.2, 0.25) is 0 Å². The molecule has 1 unspecified atom stereocenters. The summed E-state index contributed by atoms with van der Waals surface area (Å²) in [7, 11) is 2.27. The van der Waals surface area contributed by atoms with Gasteiger partial charge in [-0.1, -0.05) is 55.7 Å². The fourth-order valence-corrected chi connectivity index (χ4v) is 4.15. The van der Waals surface area contributed by atoms with E-state index in [0.29, 0.717) is 6.61 Å². The number of nitrogens with zero attached hydrogens (tertiary/aromatic N) is 1. The van der Waals surface area contributed by atoms with E-state index in [1.165, 1.54) is 43.2 Å². The van der Waals surface area contributed by atoms with Crippen molar-refractivity contribution in [3.63, 3.8) is 0 Å². The normalized spacial score (nSPS) is 20.3. The molecular formula is C23H29NO2. The van der Waals surface area contributed by atoms with E-state index in [1.54, 1.807) is 0 Å². The number of para-hydroxylation sites is 2.